The van der Waals surface area contributed by atoms with E-state index in [1.54, 1.807) is 12.1 Å². The van der Waals surface area contributed by atoms with Gasteiger partial charge in [0.1, 0.15) is 19.8 Å². The number of hydrogen-bond donors (Lipinski definition) is 3. The third kappa shape index (κ3) is 9.00. The van der Waals surface area contributed by atoms with Crippen LogP contribution in [0, 0.1) is 0 Å². The van der Waals surface area contributed by atoms with Crippen molar-refractivity contribution < 1.29 is 19.0 Å². The van der Waals surface area contributed by atoms with Crippen LogP contribution in [0.3, 0.4) is 0 Å². The maximum Gasteiger partial charge on any atom is 0.333 e. The molecule has 0 aromatic heterocycles. The summed E-state index contributed by atoms with van der Waals surface area (Å²) in [4.78, 5) is 12.4. The van der Waals surface area contributed by atoms with Crippen molar-refractivity contribution >= 4 is 11.7 Å². The lowest BCUT2D eigenvalue weighted by Crippen LogP contribution is -2.48. The minimum absolute atomic E-state index is 0.335. The summed E-state index contributed by atoms with van der Waals surface area (Å²) in [6, 6.07) is 32.9. The number of carbonyl (C=O) groups is 1. The number of anilines is 1. The third-order valence-electron chi connectivity index (χ3n) is 5.53. The Balaban J connectivity index is 1.63. The molecule has 39 heavy (non-hydrogen) atoms. The van der Waals surface area contributed by atoms with Gasteiger partial charge in [0.2, 0.25) is 5.75 Å². The summed E-state index contributed by atoms with van der Waals surface area (Å²) >= 11 is 0. The number of rotatable bonds is 11. The van der Waals surface area contributed by atoms with Crippen molar-refractivity contribution in [2.24, 2.45) is 0 Å². The molecule has 0 atom stereocenters. The van der Waals surface area contributed by atoms with Crippen LogP contribution in [0.15, 0.2) is 103 Å². The minimum Gasteiger partial charge on any atom is -0.485 e. The number of hydrazine groups is 1. The van der Waals surface area contributed by atoms with Gasteiger partial charge in [-0.3, -0.25) is 10.9 Å². The van der Waals surface area contributed by atoms with E-state index in [1.165, 1.54) is 0 Å². The van der Waals surface area contributed by atoms with Crippen molar-refractivity contribution in [3.05, 3.63) is 120 Å². The molecule has 0 saturated carbocycles. The second-order valence-corrected chi connectivity index (χ2v) is 10.1. The van der Waals surface area contributed by atoms with E-state index in [0.29, 0.717) is 42.8 Å². The van der Waals surface area contributed by atoms with E-state index in [9.17, 15) is 4.79 Å². The molecule has 0 heterocycles. The van der Waals surface area contributed by atoms with Crippen molar-refractivity contribution in [3.8, 4) is 17.2 Å². The van der Waals surface area contributed by atoms with E-state index in [2.05, 4.69) is 16.2 Å². The fourth-order valence-electron chi connectivity index (χ4n) is 3.71. The minimum atomic E-state index is -0.380. The summed E-state index contributed by atoms with van der Waals surface area (Å²) in [6.45, 7) is 6.75. The van der Waals surface area contributed by atoms with Crippen LogP contribution in [0.1, 0.15) is 37.5 Å². The first-order chi connectivity index (χ1) is 18.9. The molecular formula is C32H35N3O4. The molecule has 202 valence electrons. The Morgan fingerprint density at radius 2 is 1.05 bits per heavy atom. The first-order valence-corrected chi connectivity index (χ1v) is 12.9. The first-order valence-electron chi connectivity index (χ1n) is 12.9. The summed E-state index contributed by atoms with van der Waals surface area (Å²) in [7, 11) is 0. The van der Waals surface area contributed by atoms with Crippen LogP contribution in [0.4, 0.5) is 10.5 Å². The molecule has 4 aromatic carbocycles. The highest BCUT2D eigenvalue weighted by Crippen LogP contribution is 2.42. The van der Waals surface area contributed by atoms with Gasteiger partial charge in [0.25, 0.3) is 0 Å². The van der Waals surface area contributed by atoms with Crippen LogP contribution < -0.4 is 30.4 Å². The summed E-state index contributed by atoms with van der Waals surface area (Å²) in [5.41, 5.74) is 8.89. The van der Waals surface area contributed by atoms with Crippen LogP contribution in [-0.4, -0.2) is 11.6 Å². The highest BCUT2D eigenvalue weighted by molar-refractivity contribution is 5.76. The molecule has 3 N–H and O–H groups in total. The van der Waals surface area contributed by atoms with Crippen LogP contribution in [0.2, 0.25) is 0 Å². The van der Waals surface area contributed by atoms with E-state index in [0.717, 1.165) is 16.7 Å². The number of amides is 2. The second-order valence-electron chi connectivity index (χ2n) is 10.1. The van der Waals surface area contributed by atoms with Crippen molar-refractivity contribution in [1.82, 2.24) is 10.7 Å². The molecule has 0 unspecified atom stereocenters. The van der Waals surface area contributed by atoms with Gasteiger partial charge in [0, 0.05) is 17.7 Å². The maximum absolute atomic E-state index is 12.4. The molecule has 2 amide bonds. The summed E-state index contributed by atoms with van der Waals surface area (Å²) in [5, 5.41) is 2.86. The normalized spacial score (nSPS) is 10.8. The van der Waals surface area contributed by atoms with Gasteiger partial charge in [0.05, 0.1) is 5.69 Å². The molecule has 0 aliphatic rings. The summed E-state index contributed by atoms with van der Waals surface area (Å²) in [5.74, 6) is 1.46. The molecule has 0 aliphatic heterocycles. The molecule has 0 radical (unpaired) electrons. The Hall–Kier alpha value is -4.65. The molecule has 0 bridgehead atoms. The van der Waals surface area contributed by atoms with Crippen LogP contribution >= 0.6 is 0 Å². The SMILES string of the molecule is CC(C)(C)NC(=O)NNc1cc(OCc2ccccc2)c(OCc2ccccc2)c(OCc2ccccc2)c1. The van der Waals surface area contributed by atoms with Gasteiger partial charge < -0.3 is 19.5 Å². The quantitative estimate of drug-likeness (QED) is 0.187. The Kier molecular flexibility index (Phi) is 9.29. The van der Waals surface area contributed by atoms with E-state index in [1.807, 2.05) is 112 Å². The Labute approximate surface area is 230 Å². The number of ether oxygens (including phenoxy) is 3. The monoisotopic (exact) mass is 525 g/mol. The Bertz CT molecular complexity index is 1260. The van der Waals surface area contributed by atoms with Gasteiger partial charge in [-0.05, 0) is 37.5 Å². The molecule has 0 saturated heterocycles. The molecule has 7 nitrogen and oxygen atoms in total. The standard InChI is InChI=1S/C32H35N3O4/c1-32(2,3)33-31(36)35-34-27-19-28(37-21-24-13-7-4-8-14-24)30(39-23-26-17-11-6-12-18-26)29(20-27)38-22-25-15-9-5-10-16-25/h4-20,34H,21-23H2,1-3H3,(H2,33,35,36). The largest absolute Gasteiger partial charge is 0.485 e. The molecule has 4 aromatic rings. The summed E-state index contributed by atoms with van der Waals surface area (Å²) < 4.78 is 18.8. The van der Waals surface area contributed by atoms with Gasteiger partial charge in [-0.15, -0.1) is 0 Å². The van der Waals surface area contributed by atoms with E-state index in [-0.39, 0.29) is 11.6 Å². The molecule has 0 spiro atoms. The summed E-state index contributed by atoms with van der Waals surface area (Å²) in [6.07, 6.45) is 0. The fraction of sp³-hybridized carbons (Fsp3) is 0.219. The van der Waals surface area contributed by atoms with Gasteiger partial charge >= 0.3 is 6.03 Å². The zero-order valence-corrected chi connectivity index (χ0v) is 22.6. The van der Waals surface area contributed by atoms with E-state index < -0.39 is 0 Å². The first kappa shape index (κ1) is 27.4. The number of urea groups is 1. The Morgan fingerprint density at radius 1 is 0.641 bits per heavy atom. The van der Waals surface area contributed by atoms with Gasteiger partial charge in [0.15, 0.2) is 11.5 Å². The van der Waals surface area contributed by atoms with Gasteiger partial charge in [-0.1, -0.05) is 91.0 Å². The van der Waals surface area contributed by atoms with Gasteiger partial charge in [-0.25, -0.2) is 4.79 Å². The lowest BCUT2D eigenvalue weighted by molar-refractivity contribution is 0.230. The third-order valence-corrected chi connectivity index (χ3v) is 5.53. The predicted octanol–water partition coefficient (Wildman–Crippen LogP) is 6.85. The van der Waals surface area contributed by atoms with Crippen LogP contribution in [0.25, 0.3) is 0 Å². The maximum atomic E-state index is 12.4. The fourth-order valence-corrected chi connectivity index (χ4v) is 3.71. The van der Waals surface area contributed by atoms with E-state index >= 15 is 0 Å². The van der Waals surface area contributed by atoms with Crippen molar-refractivity contribution in [1.29, 1.82) is 0 Å². The zero-order chi connectivity index (χ0) is 27.5. The molecule has 4 rings (SSSR count). The topological polar surface area (TPSA) is 80.9 Å². The molecular weight excluding hydrogens is 490 g/mol. The molecule has 0 fully saturated rings. The zero-order valence-electron chi connectivity index (χ0n) is 22.6. The number of benzene rings is 4. The number of carbonyl (C=O) groups excluding carboxylic acids is 1. The smallest absolute Gasteiger partial charge is 0.333 e. The van der Waals surface area contributed by atoms with Crippen molar-refractivity contribution in [3.63, 3.8) is 0 Å². The average Bonchev–Trinajstić information content (AvgIpc) is 2.94. The van der Waals surface area contributed by atoms with Gasteiger partial charge in [-0.2, -0.15) is 0 Å². The van der Waals surface area contributed by atoms with Crippen LogP contribution in [0.5, 0.6) is 17.2 Å². The Morgan fingerprint density at radius 3 is 1.46 bits per heavy atom. The number of hydrogen-bond acceptors (Lipinski definition) is 5. The second kappa shape index (κ2) is 13.2. The lowest BCUT2D eigenvalue weighted by atomic mass is 10.1. The molecule has 7 heteroatoms. The lowest BCUT2D eigenvalue weighted by Gasteiger charge is -2.22. The van der Waals surface area contributed by atoms with E-state index in [4.69, 9.17) is 14.2 Å². The van der Waals surface area contributed by atoms with Crippen molar-refractivity contribution in [2.45, 2.75) is 46.1 Å². The number of nitrogens with one attached hydrogen (secondary N) is 3. The predicted molar refractivity (Wildman–Crippen MR) is 154 cm³/mol. The average molecular weight is 526 g/mol. The highest BCUT2D eigenvalue weighted by Gasteiger charge is 2.18. The van der Waals surface area contributed by atoms with Crippen molar-refractivity contribution in [2.75, 3.05) is 5.43 Å². The highest BCUT2D eigenvalue weighted by atomic mass is 16.5. The molecule has 0 aliphatic carbocycles. The van der Waals surface area contributed by atoms with Crippen LogP contribution in [-0.2, 0) is 19.8 Å².